The van der Waals surface area contributed by atoms with Gasteiger partial charge in [0.05, 0.1) is 12.3 Å². The average Bonchev–Trinajstić information content (AvgIpc) is 2.90. The number of hydrogen-bond donors (Lipinski definition) is 1. The van der Waals surface area contributed by atoms with E-state index in [-0.39, 0.29) is 61.4 Å². The fourth-order valence-corrected chi connectivity index (χ4v) is 4.05. The fraction of sp³-hybridized carbons (Fsp3) is 0.704. The SMILES string of the molecule is C#CCCOC(=O)O[C@]1(CC(=O)CCC(C)C)C(O)=C(C(=O)CC(C)C)C(=O)[C@@H]1CCC(C)C. The second-order valence-electron chi connectivity index (χ2n) is 10.3. The molecule has 0 saturated carbocycles. The minimum absolute atomic E-state index is 0.0476. The minimum Gasteiger partial charge on any atom is -0.507 e. The molecule has 0 bridgehead atoms. The zero-order valence-electron chi connectivity index (χ0n) is 21.4. The maximum atomic E-state index is 13.4. The smallest absolute Gasteiger partial charge is 0.507 e. The summed E-state index contributed by atoms with van der Waals surface area (Å²) in [7, 11) is 0. The van der Waals surface area contributed by atoms with Gasteiger partial charge < -0.3 is 14.6 Å². The molecule has 0 aliphatic heterocycles. The monoisotopic (exact) mass is 476 g/mol. The first-order chi connectivity index (χ1) is 15.8. The van der Waals surface area contributed by atoms with Crippen molar-refractivity contribution in [2.45, 2.75) is 92.1 Å². The van der Waals surface area contributed by atoms with Gasteiger partial charge in [0.2, 0.25) is 0 Å². The van der Waals surface area contributed by atoms with E-state index < -0.39 is 41.4 Å². The van der Waals surface area contributed by atoms with E-state index in [0.29, 0.717) is 12.8 Å². The molecule has 0 unspecified atom stereocenters. The van der Waals surface area contributed by atoms with Gasteiger partial charge in [-0.25, -0.2) is 4.79 Å². The Morgan fingerprint density at radius 2 is 1.68 bits per heavy atom. The van der Waals surface area contributed by atoms with Crippen molar-refractivity contribution in [3.63, 3.8) is 0 Å². The molecule has 0 radical (unpaired) electrons. The van der Waals surface area contributed by atoms with E-state index >= 15 is 0 Å². The van der Waals surface area contributed by atoms with Crippen molar-refractivity contribution in [1.82, 2.24) is 0 Å². The molecule has 190 valence electrons. The Morgan fingerprint density at radius 3 is 2.21 bits per heavy atom. The highest BCUT2D eigenvalue weighted by Crippen LogP contribution is 2.46. The van der Waals surface area contributed by atoms with Crippen LogP contribution in [-0.4, -0.2) is 40.8 Å². The molecule has 1 rings (SSSR count). The molecule has 1 aliphatic rings. The molecule has 2 atom stereocenters. The molecule has 7 heteroatoms. The Hall–Kier alpha value is -2.62. The highest BCUT2D eigenvalue weighted by Gasteiger charge is 2.59. The Balaban J connectivity index is 3.50. The quantitative estimate of drug-likeness (QED) is 0.156. The second-order valence-corrected chi connectivity index (χ2v) is 10.3. The third kappa shape index (κ3) is 8.00. The molecule has 0 saturated heterocycles. The summed E-state index contributed by atoms with van der Waals surface area (Å²) in [5, 5.41) is 11.3. The van der Waals surface area contributed by atoms with Crippen LogP contribution in [0, 0.1) is 36.0 Å². The largest absolute Gasteiger partial charge is 0.509 e. The van der Waals surface area contributed by atoms with Crippen LogP contribution in [0.25, 0.3) is 0 Å². The van der Waals surface area contributed by atoms with Gasteiger partial charge in [-0.15, -0.1) is 12.3 Å². The Labute approximate surface area is 203 Å². The number of aliphatic hydroxyl groups is 1. The van der Waals surface area contributed by atoms with Crippen molar-refractivity contribution in [2.75, 3.05) is 6.61 Å². The third-order valence-electron chi connectivity index (χ3n) is 5.86. The number of allylic oxidation sites excluding steroid dienone is 1. The normalized spacial score (nSPS) is 20.2. The van der Waals surface area contributed by atoms with E-state index in [1.807, 2.05) is 41.5 Å². The predicted molar refractivity (Wildman–Crippen MR) is 129 cm³/mol. The summed E-state index contributed by atoms with van der Waals surface area (Å²) < 4.78 is 10.6. The molecule has 0 fully saturated rings. The Kier molecular flexibility index (Phi) is 11.5. The van der Waals surface area contributed by atoms with Crippen LogP contribution in [0.5, 0.6) is 0 Å². The summed E-state index contributed by atoms with van der Waals surface area (Å²) in [5.41, 5.74) is -2.33. The number of aliphatic hydroxyl groups excluding tert-OH is 1. The van der Waals surface area contributed by atoms with Crippen molar-refractivity contribution in [1.29, 1.82) is 0 Å². The number of ketones is 3. The Bertz CT molecular complexity index is 828. The highest BCUT2D eigenvalue weighted by molar-refractivity contribution is 6.24. The lowest BCUT2D eigenvalue weighted by atomic mass is 9.79. The predicted octanol–water partition coefficient (Wildman–Crippen LogP) is 5.36. The maximum Gasteiger partial charge on any atom is 0.509 e. The second kappa shape index (κ2) is 13.3. The molecule has 0 heterocycles. The molecule has 0 aromatic rings. The highest BCUT2D eigenvalue weighted by atomic mass is 16.7. The fourth-order valence-electron chi connectivity index (χ4n) is 4.05. The van der Waals surface area contributed by atoms with Crippen LogP contribution >= 0.6 is 0 Å². The first-order valence-electron chi connectivity index (χ1n) is 12.2. The molecule has 34 heavy (non-hydrogen) atoms. The van der Waals surface area contributed by atoms with Gasteiger partial charge in [0.1, 0.15) is 18.0 Å². The van der Waals surface area contributed by atoms with Gasteiger partial charge in [0.25, 0.3) is 0 Å². The molecular weight excluding hydrogens is 436 g/mol. The van der Waals surface area contributed by atoms with Crippen LogP contribution in [0.2, 0.25) is 0 Å². The average molecular weight is 477 g/mol. The van der Waals surface area contributed by atoms with Gasteiger partial charge >= 0.3 is 6.16 Å². The zero-order valence-corrected chi connectivity index (χ0v) is 21.4. The number of hydrogen-bond acceptors (Lipinski definition) is 7. The van der Waals surface area contributed by atoms with E-state index in [4.69, 9.17) is 15.9 Å². The van der Waals surface area contributed by atoms with Crippen molar-refractivity contribution in [3.8, 4) is 12.3 Å². The molecule has 0 amide bonds. The van der Waals surface area contributed by atoms with Crippen molar-refractivity contribution in [2.24, 2.45) is 23.7 Å². The summed E-state index contributed by atoms with van der Waals surface area (Å²) in [6, 6.07) is 0. The molecule has 0 aromatic heterocycles. The summed E-state index contributed by atoms with van der Waals surface area (Å²) in [6.07, 6.45) is 5.48. The van der Waals surface area contributed by atoms with E-state index in [1.165, 1.54) is 0 Å². The number of carbonyl (C=O) groups excluding carboxylic acids is 4. The number of Topliss-reactive ketones (excluding diaryl/α,β-unsaturated/α-hetero) is 3. The van der Waals surface area contributed by atoms with Gasteiger partial charge in [-0.1, -0.05) is 48.0 Å². The minimum atomic E-state index is -1.96. The molecule has 0 aromatic carbocycles. The molecule has 0 spiro atoms. The molecule has 1 aliphatic carbocycles. The van der Waals surface area contributed by atoms with Gasteiger partial charge in [-0.3, -0.25) is 14.4 Å². The third-order valence-corrected chi connectivity index (χ3v) is 5.86. The van der Waals surface area contributed by atoms with Crippen LogP contribution in [0.3, 0.4) is 0 Å². The maximum absolute atomic E-state index is 13.4. The van der Waals surface area contributed by atoms with Crippen molar-refractivity contribution < 1.29 is 33.8 Å². The van der Waals surface area contributed by atoms with Gasteiger partial charge in [0, 0.05) is 19.3 Å². The van der Waals surface area contributed by atoms with Gasteiger partial charge in [-0.05, 0) is 30.6 Å². The van der Waals surface area contributed by atoms with Crippen molar-refractivity contribution in [3.05, 3.63) is 11.3 Å². The molecular formula is C27H40O7. The van der Waals surface area contributed by atoms with Crippen LogP contribution in [-0.2, 0) is 23.9 Å². The first-order valence-corrected chi connectivity index (χ1v) is 12.2. The number of ether oxygens (including phenoxy) is 2. The van der Waals surface area contributed by atoms with E-state index in [9.17, 15) is 24.3 Å². The number of terminal acetylenes is 1. The van der Waals surface area contributed by atoms with Crippen LogP contribution in [0.4, 0.5) is 4.79 Å². The van der Waals surface area contributed by atoms with Crippen LogP contribution < -0.4 is 0 Å². The lowest BCUT2D eigenvalue weighted by molar-refractivity contribution is -0.134. The van der Waals surface area contributed by atoms with E-state index in [2.05, 4.69) is 5.92 Å². The topological polar surface area (TPSA) is 107 Å². The summed E-state index contributed by atoms with van der Waals surface area (Å²) in [6.45, 7) is 11.4. The van der Waals surface area contributed by atoms with Gasteiger partial charge in [0.15, 0.2) is 22.9 Å². The van der Waals surface area contributed by atoms with Crippen LogP contribution in [0.1, 0.15) is 86.5 Å². The lowest BCUT2D eigenvalue weighted by Gasteiger charge is -2.34. The Morgan fingerprint density at radius 1 is 1.06 bits per heavy atom. The zero-order chi connectivity index (χ0) is 26.1. The summed E-state index contributed by atoms with van der Waals surface area (Å²) in [5.74, 6) is -0.293. The summed E-state index contributed by atoms with van der Waals surface area (Å²) in [4.78, 5) is 51.9. The van der Waals surface area contributed by atoms with E-state index in [1.54, 1.807) is 0 Å². The first kappa shape index (κ1) is 29.4. The van der Waals surface area contributed by atoms with Crippen molar-refractivity contribution >= 4 is 23.5 Å². The van der Waals surface area contributed by atoms with Crippen LogP contribution in [0.15, 0.2) is 11.3 Å². The van der Waals surface area contributed by atoms with Gasteiger partial charge in [-0.2, -0.15) is 0 Å². The standard InChI is InChI=1S/C27H40O7/c1-8-9-14-33-26(32)34-27(16-20(28)12-10-17(2)3)21(13-11-18(4)5)24(30)23(25(27)31)22(29)15-19(6)7/h1,17-19,21,31H,9-16H2,2-7H3/t21-,27-/m0/s1. The number of rotatable bonds is 14. The molecule has 1 N–H and O–H groups in total. The summed E-state index contributed by atoms with van der Waals surface area (Å²) >= 11 is 0. The lowest BCUT2D eigenvalue weighted by Crippen LogP contribution is -2.45. The van der Waals surface area contributed by atoms with E-state index in [0.717, 1.165) is 0 Å². The number of carbonyl (C=O) groups is 4. The molecule has 7 nitrogen and oxygen atoms in total.